The smallest absolute Gasteiger partial charge is 0.249 e. The van der Waals surface area contributed by atoms with Gasteiger partial charge in [0.1, 0.15) is 6.04 Å². The van der Waals surface area contributed by atoms with Gasteiger partial charge in [0.2, 0.25) is 11.8 Å². The summed E-state index contributed by atoms with van der Waals surface area (Å²) in [6, 6.07) is 8.04. The van der Waals surface area contributed by atoms with E-state index in [4.69, 9.17) is 10.3 Å². The predicted molar refractivity (Wildman–Crippen MR) is 102 cm³/mol. The third-order valence-electron chi connectivity index (χ3n) is 5.82. The first-order valence-electron chi connectivity index (χ1n) is 9.95. The number of amides is 1. The van der Waals surface area contributed by atoms with Crippen molar-refractivity contribution in [1.29, 1.82) is 0 Å². The molecule has 1 aromatic carbocycles. The highest BCUT2D eigenvalue weighted by molar-refractivity contribution is 5.77. The Kier molecular flexibility index (Phi) is 4.76. The van der Waals surface area contributed by atoms with Crippen molar-refractivity contribution in [3.05, 3.63) is 47.1 Å². The predicted octanol–water partition coefficient (Wildman–Crippen LogP) is 3.47. The maximum absolute atomic E-state index is 12.9. The third kappa shape index (κ3) is 3.50. The van der Waals surface area contributed by atoms with E-state index in [1.165, 1.54) is 11.1 Å². The van der Waals surface area contributed by atoms with Crippen LogP contribution in [0, 0.1) is 5.92 Å². The number of hydrogen-bond donors (Lipinski definition) is 1. The SMILES string of the molecule is CC(C)CC(=O)N1Cc2ccccc2CC1c1nc(C2(N)CCCC2)no1. The summed E-state index contributed by atoms with van der Waals surface area (Å²) in [5, 5.41) is 4.21. The van der Waals surface area contributed by atoms with Gasteiger partial charge in [-0.25, -0.2) is 0 Å². The van der Waals surface area contributed by atoms with Gasteiger partial charge in [-0.2, -0.15) is 4.98 Å². The molecule has 144 valence electrons. The molecule has 1 atom stereocenters. The highest BCUT2D eigenvalue weighted by Gasteiger charge is 2.39. The van der Waals surface area contributed by atoms with Gasteiger partial charge in [-0.15, -0.1) is 0 Å². The second kappa shape index (κ2) is 7.08. The Labute approximate surface area is 160 Å². The molecule has 2 aromatic rings. The lowest BCUT2D eigenvalue weighted by atomic mass is 9.93. The molecule has 6 nitrogen and oxygen atoms in total. The number of benzene rings is 1. The Balaban J connectivity index is 1.66. The van der Waals surface area contributed by atoms with Gasteiger partial charge < -0.3 is 15.2 Å². The molecule has 1 aliphatic heterocycles. The van der Waals surface area contributed by atoms with E-state index in [2.05, 4.69) is 36.1 Å². The highest BCUT2D eigenvalue weighted by Crippen LogP contribution is 2.37. The molecule has 0 bridgehead atoms. The first-order valence-corrected chi connectivity index (χ1v) is 9.95. The lowest BCUT2D eigenvalue weighted by Gasteiger charge is -2.35. The molecule has 1 fully saturated rings. The minimum atomic E-state index is -0.485. The normalized spacial score (nSPS) is 21.5. The van der Waals surface area contributed by atoms with E-state index in [0.29, 0.717) is 37.0 Å². The van der Waals surface area contributed by atoms with Gasteiger partial charge in [-0.3, -0.25) is 4.79 Å². The Morgan fingerprint density at radius 1 is 1.30 bits per heavy atom. The minimum absolute atomic E-state index is 0.132. The van der Waals surface area contributed by atoms with E-state index >= 15 is 0 Å². The van der Waals surface area contributed by atoms with Crippen LogP contribution in [0.5, 0.6) is 0 Å². The van der Waals surface area contributed by atoms with Crippen LogP contribution >= 0.6 is 0 Å². The summed E-state index contributed by atoms with van der Waals surface area (Å²) in [4.78, 5) is 19.5. The van der Waals surface area contributed by atoms with Crippen LogP contribution in [0.15, 0.2) is 28.8 Å². The van der Waals surface area contributed by atoms with Crippen LogP contribution in [0.1, 0.15) is 74.8 Å². The van der Waals surface area contributed by atoms with Gasteiger partial charge in [0.25, 0.3) is 0 Å². The zero-order chi connectivity index (χ0) is 19.0. The lowest BCUT2D eigenvalue weighted by molar-refractivity contribution is -0.136. The molecule has 27 heavy (non-hydrogen) atoms. The van der Waals surface area contributed by atoms with E-state index in [-0.39, 0.29) is 11.9 Å². The number of fused-ring (bicyclic) bond motifs is 1. The van der Waals surface area contributed by atoms with Crippen molar-refractivity contribution < 1.29 is 9.32 Å². The van der Waals surface area contributed by atoms with Gasteiger partial charge in [-0.1, -0.05) is 56.1 Å². The fraction of sp³-hybridized carbons (Fsp3) is 0.571. The summed E-state index contributed by atoms with van der Waals surface area (Å²) in [5.74, 6) is 1.53. The Morgan fingerprint density at radius 3 is 2.70 bits per heavy atom. The average Bonchev–Trinajstić information content (AvgIpc) is 3.30. The molecular weight excluding hydrogens is 340 g/mol. The molecule has 1 amide bonds. The summed E-state index contributed by atoms with van der Waals surface area (Å²) < 4.78 is 5.65. The number of carbonyl (C=O) groups is 1. The summed E-state index contributed by atoms with van der Waals surface area (Å²) in [5.41, 5.74) is 8.44. The van der Waals surface area contributed by atoms with E-state index in [1.807, 2.05) is 17.0 Å². The topological polar surface area (TPSA) is 85.2 Å². The molecule has 0 radical (unpaired) electrons. The molecule has 1 saturated carbocycles. The van der Waals surface area contributed by atoms with Gasteiger partial charge in [0.15, 0.2) is 5.82 Å². The summed E-state index contributed by atoms with van der Waals surface area (Å²) in [7, 11) is 0. The summed E-state index contributed by atoms with van der Waals surface area (Å²) >= 11 is 0. The van der Waals surface area contributed by atoms with E-state index in [1.54, 1.807) is 0 Å². The second-order valence-electron chi connectivity index (χ2n) is 8.43. The first-order chi connectivity index (χ1) is 13.0. The van der Waals surface area contributed by atoms with Crippen LogP contribution < -0.4 is 5.73 Å². The van der Waals surface area contributed by atoms with E-state index in [0.717, 1.165) is 25.7 Å². The number of hydrogen-bond acceptors (Lipinski definition) is 5. The van der Waals surface area contributed by atoms with Crippen molar-refractivity contribution in [2.75, 3.05) is 0 Å². The molecule has 6 heteroatoms. The third-order valence-corrected chi connectivity index (χ3v) is 5.82. The molecule has 2 N–H and O–H groups in total. The van der Waals surface area contributed by atoms with E-state index < -0.39 is 5.54 Å². The van der Waals surface area contributed by atoms with Gasteiger partial charge >= 0.3 is 0 Å². The van der Waals surface area contributed by atoms with Crippen molar-refractivity contribution in [3.8, 4) is 0 Å². The molecule has 1 aromatic heterocycles. The van der Waals surface area contributed by atoms with Crippen molar-refractivity contribution in [3.63, 3.8) is 0 Å². The zero-order valence-electron chi connectivity index (χ0n) is 16.1. The molecule has 0 spiro atoms. The molecular formula is C21H28N4O2. The van der Waals surface area contributed by atoms with Crippen LogP contribution in [0.25, 0.3) is 0 Å². The number of nitrogens with two attached hydrogens (primary N) is 1. The fourth-order valence-electron chi connectivity index (χ4n) is 4.27. The van der Waals surface area contributed by atoms with Gasteiger partial charge in [0, 0.05) is 19.4 Å². The minimum Gasteiger partial charge on any atom is -0.337 e. The zero-order valence-corrected chi connectivity index (χ0v) is 16.1. The largest absolute Gasteiger partial charge is 0.337 e. The van der Waals surface area contributed by atoms with Crippen molar-refractivity contribution in [1.82, 2.24) is 15.0 Å². The van der Waals surface area contributed by atoms with Crippen molar-refractivity contribution in [2.24, 2.45) is 11.7 Å². The quantitative estimate of drug-likeness (QED) is 0.893. The van der Waals surface area contributed by atoms with Crippen LogP contribution in [-0.4, -0.2) is 20.9 Å². The fourth-order valence-corrected chi connectivity index (χ4v) is 4.27. The summed E-state index contributed by atoms with van der Waals surface area (Å²) in [6.45, 7) is 4.71. The monoisotopic (exact) mass is 368 g/mol. The van der Waals surface area contributed by atoms with Crippen LogP contribution in [0.4, 0.5) is 0 Å². The number of carbonyl (C=O) groups excluding carboxylic acids is 1. The molecule has 1 aliphatic carbocycles. The van der Waals surface area contributed by atoms with Crippen molar-refractivity contribution >= 4 is 5.91 Å². The molecule has 4 rings (SSSR count). The van der Waals surface area contributed by atoms with E-state index in [9.17, 15) is 4.79 Å². The maximum Gasteiger partial charge on any atom is 0.249 e. The molecule has 2 aliphatic rings. The van der Waals surface area contributed by atoms with Gasteiger partial charge in [-0.05, 0) is 29.9 Å². The number of nitrogens with zero attached hydrogens (tertiary/aromatic N) is 3. The second-order valence-corrected chi connectivity index (χ2v) is 8.43. The number of aromatic nitrogens is 2. The van der Waals surface area contributed by atoms with Crippen LogP contribution in [0.3, 0.4) is 0 Å². The summed E-state index contributed by atoms with van der Waals surface area (Å²) in [6.07, 6.45) is 5.16. The van der Waals surface area contributed by atoms with Crippen molar-refractivity contribution in [2.45, 2.75) is 70.5 Å². The lowest BCUT2D eigenvalue weighted by Crippen LogP contribution is -2.39. The van der Waals surface area contributed by atoms with Crippen LogP contribution in [-0.2, 0) is 23.3 Å². The molecule has 2 heterocycles. The van der Waals surface area contributed by atoms with Crippen LogP contribution in [0.2, 0.25) is 0 Å². The maximum atomic E-state index is 12.9. The van der Waals surface area contributed by atoms with Gasteiger partial charge in [0.05, 0.1) is 5.54 Å². The first kappa shape index (κ1) is 18.2. The highest BCUT2D eigenvalue weighted by atomic mass is 16.5. The Hall–Kier alpha value is -2.21. The Bertz CT molecular complexity index is 823. The number of rotatable bonds is 4. The molecule has 0 saturated heterocycles. The molecule has 1 unspecified atom stereocenters. The Morgan fingerprint density at radius 2 is 2.00 bits per heavy atom. The standard InChI is InChI=1S/C21H28N4O2/c1-14(2)11-18(26)25-13-16-8-4-3-7-15(16)12-17(25)19-23-20(24-27-19)21(22)9-5-6-10-21/h3-4,7-8,14,17H,5-6,9-13,22H2,1-2H3. The average molecular weight is 368 g/mol.